The van der Waals surface area contributed by atoms with Crippen molar-refractivity contribution in [1.29, 1.82) is 0 Å². The Kier molecular flexibility index (Phi) is 15.1. The van der Waals surface area contributed by atoms with Gasteiger partial charge in [0.1, 0.15) is 12.1 Å². The molecule has 2 atom stereocenters. The Balaban J connectivity index is 2.97. The molecule has 0 amide bonds. The number of unbranched alkanes of at least 4 members (excludes halogenated alkanes) is 4. The van der Waals surface area contributed by atoms with Crippen LogP contribution in [0.5, 0.6) is 11.5 Å². The fraction of sp³-hybridized carbons (Fsp3) is 0.630. The van der Waals surface area contributed by atoms with Gasteiger partial charge in [0.05, 0.1) is 0 Å². The van der Waals surface area contributed by atoms with Gasteiger partial charge in [-0.3, -0.25) is 19.2 Å². The van der Waals surface area contributed by atoms with E-state index in [9.17, 15) is 24.3 Å². The van der Waals surface area contributed by atoms with Gasteiger partial charge in [-0.1, -0.05) is 52.5 Å². The largest absolute Gasteiger partial charge is 0.480 e. The Morgan fingerprint density at radius 2 is 1.44 bits per heavy atom. The minimum Gasteiger partial charge on any atom is -0.480 e. The molecule has 1 rings (SSSR count). The third-order valence-electron chi connectivity index (χ3n) is 5.44. The summed E-state index contributed by atoms with van der Waals surface area (Å²) < 4.78 is 16.1. The van der Waals surface area contributed by atoms with Crippen molar-refractivity contribution in [3.8, 4) is 11.5 Å². The molecule has 0 saturated heterocycles. The highest BCUT2D eigenvalue weighted by Gasteiger charge is 2.21. The molecule has 0 saturated carbocycles. The second kappa shape index (κ2) is 17.5. The van der Waals surface area contributed by atoms with Crippen LogP contribution in [0.2, 0.25) is 0 Å². The number of carboxylic acids is 1. The summed E-state index contributed by atoms with van der Waals surface area (Å²) in [7, 11) is 0. The van der Waals surface area contributed by atoms with Gasteiger partial charge in [-0.25, -0.2) is 0 Å². The fourth-order valence-corrected chi connectivity index (χ4v) is 3.37. The van der Waals surface area contributed by atoms with E-state index in [1.807, 2.05) is 13.8 Å². The highest BCUT2D eigenvalue weighted by atomic mass is 16.6. The molecule has 0 aliphatic rings. The molecule has 0 spiro atoms. The van der Waals surface area contributed by atoms with E-state index < -0.39 is 30.1 Å². The van der Waals surface area contributed by atoms with Crippen LogP contribution >= 0.6 is 0 Å². The highest BCUT2D eigenvalue weighted by molar-refractivity contribution is 5.77. The molecule has 9 nitrogen and oxygen atoms in total. The van der Waals surface area contributed by atoms with Crippen molar-refractivity contribution in [3.63, 3.8) is 0 Å². The maximum absolute atomic E-state index is 12.4. The van der Waals surface area contributed by atoms with Crippen LogP contribution in [0.1, 0.15) is 91.0 Å². The van der Waals surface area contributed by atoms with Gasteiger partial charge >= 0.3 is 23.9 Å². The first-order chi connectivity index (χ1) is 17.2. The van der Waals surface area contributed by atoms with Crippen LogP contribution in [0, 0.1) is 0 Å². The van der Waals surface area contributed by atoms with E-state index in [-0.39, 0.29) is 49.7 Å². The fourth-order valence-electron chi connectivity index (χ4n) is 3.37. The number of aliphatic carboxylic acids is 1. The van der Waals surface area contributed by atoms with Crippen molar-refractivity contribution in [2.75, 3.05) is 6.54 Å². The van der Waals surface area contributed by atoms with Crippen LogP contribution in [0.4, 0.5) is 0 Å². The van der Waals surface area contributed by atoms with E-state index in [1.54, 1.807) is 19.9 Å². The minimum absolute atomic E-state index is 0.0783. The molecule has 36 heavy (non-hydrogen) atoms. The lowest BCUT2D eigenvalue weighted by molar-refractivity contribution is -0.147. The van der Waals surface area contributed by atoms with Crippen LogP contribution in [0.25, 0.3) is 0 Å². The number of nitrogens with one attached hydrogen (secondary N) is 1. The number of carboxylic acid groups (broad SMARTS) is 1. The number of esters is 3. The molecule has 1 aromatic rings. The lowest BCUT2D eigenvalue weighted by Crippen LogP contribution is -2.42. The predicted octanol–water partition coefficient (Wildman–Crippen LogP) is 4.59. The molecule has 1 unspecified atom stereocenters. The molecule has 0 heterocycles. The lowest BCUT2D eigenvalue weighted by Gasteiger charge is -2.19. The predicted molar refractivity (Wildman–Crippen MR) is 135 cm³/mol. The third-order valence-corrected chi connectivity index (χ3v) is 5.44. The average Bonchev–Trinajstić information content (AvgIpc) is 2.83. The summed E-state index contributed by atoms with van der Waals surface area (Å²) in [5, 5.41) is 12.6. The summed E-state index contributed by atoms with van der Waals surface area (Å²) in [5.74, 6) is -2.07. The Labute approximate surface area is 213 Å². The molecule has 0 bridgehead atoms. The summed E-state index contributed by atoms with van der Waals surface area (Å²) in [6.45, 7) is 7.60. The molecule has 0 aliphatic carbocycles. The average molecular weight is 508 g/mol. The van der Waals surface area contributed by atoms with Crippen molar-refractivity contribution in [2.24, 2.45) is 0 Å². The van der Waals surface area contributed by atoms with Gasteiger partial charge in [-0.15, -0.1) is 0 Å². The second-order valence-corrected chi connectivity index (χ2v) is 8.80. The first-order valence-corrected chi connectivity index (χ1v) is 12.9. The number of carbonyl (C=O) groups is 4. The van der Waals surface area contributed by atoms with Crippen LogP contribution in [-0.4, -0.2) is 47.7 Å². The number of carbonyl (C=O) groups excluding carboxylic acids is 3. The van der Waals surface area contributed by atoms with Crippen molar-refractivity contribution < 1.29 is 38.5 Å². The van der Waals surface area contributed by atoms with Gasteiger partial charge in [0.25, 0.3) is 0 Å². The van der Waals surface area contributed by atoms with E-state index >= 15 is 0 Å². The topological polar surface area (TPSA) is 128 Å². The van der Waals surface area contributed by atoms with Gasteiger partial charge in [-0.2, -0.15) is 0 Å². The second-order valence-electron chi connectivity index (χ2n) is 8.80. The van der Waals surface area contributed by atoms with Crippen LogP contribution in [0.3, 0.4) is 0 Å². The van der Waals surface area contributed by atoms with Gasteiger partial charge in [0.2, 0.25) is 0 Å². The third kappa shape index (κ3) is 12.7. The summed E-state index contributed by atoms with van der Waals surface area (Å²) in [4.78, 5) is 47.9. The van der Waals surface area contributed by atoms with E-state index in [0.29, 0.717) is 18.4 Å². The molecule has 202 valence electrons. The van der Waals surface area contributed by atoms with E-state index in [0.717, 1.165) is 25.7 Å². The SMILES string of the molecule is CCCCCC(=O)Oc1ccc(C[C@H](NCC(C)OC(=O)CC)C(=O)O)cc1OC(=O)CCCCC. The van der Waals surface area contributed by atoms with Crippen LogP contribution in [-0.2, 0) is 30.3 Å². The van der Waals surface area contributed by atoms with Gasteiger partial charge in [0, 0.05) is 25.8 Å². The summed E-state index contributed by atoms with van der Waals surface area (Å²) in [6.07, 6.45) is 5.44. The Morgan fingerprint density at radius 1 is 0.861 bits per heavy atom. The molecule has 0 aromatic heterocycles. The number of rotatable bonds is 18. The van der Waals surface area contributed by atoms with Gasteiger partial charge < -0.3 is 24.6 Å². The zero-order chi connectivity index (χ0) is 26.9. The summed E-state index contributed by atoms with van der Waals surface area (Å²) in [5.41, 5.74) is 0.579. The maximum atomic E-state index is 12.4. The van der Waals surface area contributed by atoms with Crippen molar-refractivity contribution in [2.45, 2.75) is 104 Å². The van der Waals surface area contributed by atoms with Gasteiger partial charge in [0.15, 0.2) is 11.5 Å². The normalized spacial score (nSPS) is 12.4. The molecular weight excluding hydrogens is 466 g/mol. The zero-order valence-corrected chi connectivity index (χ0v) is 22.0. The number of hydrogen-bond acceptors (Lipinski definition) is 8. The van der Waals surface area contributed by atoms with Crippen LogP contribution in [0.15, 0.2) is 18.2 Å². The summed E-state index contributed by atoms with van der Waals surface area (Å²) in [6, 6.07) is 3.72. The molecule has 0 aliphatic heterocycles. The van der Waals surface area contributed by atoms with E-state index in [1.165, 1.54) is 12.1 Å². The number of benzene rings is 1. The van der Waals surface area contributed by atoms with Crippen molar-refractivity contribution >= 4 is 23.9 Å². The molecule has 0 fully saturated rings. The molecule has 9 heteroatoms. The Bertz CT molecular complexity index is 854. The first-order valence-electron chi connectivity index (χ1n) is 12.9. The number of ether oxygens (including phenoxy) is 3. The smallest absolute Gasteiger partial charge is 0.321 e. The molecule has 0 radical (unpaired) electrons. The Hall–Kier alpha value is -2.94. The molecule has 1 aromatic carbocycles. The zero-order valence-electron chi connectivity index (χ0n) is 22.0. The minimum atomic E-state index is -1.08. The van der Waals surface area contributed by atoms with E-state index in [2.05, 4.69) is 5.32 Å². The molecular formula is C27H41NO8. The van der Waals surface area contributed by atoms with Crippen molar-refractivity contribution in [3.05, 3.63) is 23.8 Å². The van der Waals surface area contributed by atoms with E-state index in [4.69, 9.17) is 14.2 Å². The monoisotopic (exact) mass is 507 g/mol. The quantitative estimate of drug-likeness (QED) is 0.167. The maximum Gasteiger partial charge on any atom is 0.321 e. The standard InChI is InChI=1S/C27H41NO8/c1-5-8-10-12-25(30)35-22-15-14-20(17-23(22)36-26(31)13-11-9-6-2)16-21(27(32)33)28-18-19(4)34-24(29)7-3/h14-15,17,19,21,28H,5-13,16,18H2,1-4H3,(H,32,33)/t19?,21-/m0/s1. The van der Waals surface area contributed by atoms with Crippen LogP contribution < -0.4 is 14.8 Å². The summed E-state index contributed by atoms with van der Waals surface area (Å²) >= 11 is 0. The molecule has 2 N–H and O–H groups in total. The highest BCUT2D eigenvalue weighted by Crippen LogP contribution is 2.30. The number of hydrogen-bond donors (Lipinski definition) is 2. The lowest BCUT2D eigenvalue weighted by atomic mass is 10.0. The Morgan fingerprint density at radius 3 is 1.97 bits per heavy atom. The van der Waals surface area contributed by atoms with Gasteiger partial charge in [-0.05, 0) is 43.9 Å². The van der Waals surface area contributed by atoms with Crippen molar-refractivity contribution in [1.82, 2.24) is 5.32 Å². The first kappa shape index (κ1) is 31.1.